The Morgan fingerprint density at radius 2 is 2.14 bits per heavy atom. The molecule has 80 valence electrons. The van der Waals surface area contributed by atoms with Crippen LogP contribution in [0.4, 0.5) is 13.2 Å². The van der Waals surface area contributed by atoms with Gasteiger partial charge in [-0.2, -0.15) is 13.2 Å². The van der Waals surface area contributed by atoms with Crippen molar-refractivity contribution in [3.8, 4) is 0 Å². The summed E-state index contributed by atoms with van der Waals surface area (Å²) in [6, 6.07) is -0.892. The molecule has 0 unspecified atom stereocenters. The average Bonchev–Trinajstić information content (AvgIpc) is 2.34. The van der Waals surface area contributed by atoms with Crippen LogP contribution in [0.15, 0.2) is 0 Å². The first-order chi connectivity index (χ1) is 6.32. The zero-order chi connectivity index (χ0) is 10.9. The van der Waals surface area contributed by atoms with Crippen molar-refractivity contribution in [2.75, 3.05) is 6.61 Å². The van der Waals surface area contributed by atoms with E-state index in [-0.39, 0.29) is 6.61 Å². The summed E-state index contributed by atoms with van der Waals surface area (Å²) in [5.41, 5.74) is 0. The zero-order valence-corrected chi connectivity index (χ0v) is 7.22. The lowest BCUT2D eigenvalue weighted by Crippen LogP contribution is -2.46. The smallest absolute Gasteiger partial charge is 0.463 e. The molecule has 0 aromatic heterocycles. The van der Waals surface area contributed by atoms with E-state index in [1.54, 1.807) is 5.32 Å². The molecular formula is C7H8F3NO3. The summed E-state index contributed by atoms with van der Waals surface area (Å²) in [5, 5.41) is 1.69. The number of halogens is 3. The number of cyclic esters (lactones) is 1. The van der Waals surface area contributed by atoms with Crippen molar-refractivity contribution in [1.82, 2.24) is 5.32 Å². The van der Waals surface area contributed by atoms with Gasteiger partial charge in [0.1, 0.15) is 6.61 Å². The Labute approximate surface area is 77.4 Å². The predicted octanol–water partition coefficient (Wildman–Crippen LogP) is 0.226. The number of carbonyl (C=O) groups is 2. The van der Waals surface area contributed by atoms with E-state index in [4.69, 9.17) is 0 Å². The van der Waals surface area contributed by atoms with E-state index < -0.39 is 30.0 Å². The Hall–Kier alpha value is -1.27. The van der Waals surface area contributed by atoms with Crippen LogP contribution in [0.1, 0.15) is 6.92 Å². The summed E-state index contributed by atoms with van der Waals surface area (Å²) in [7, 11) is 0. The van der Waals surface area contributed by atoms with Crippen LogP contribution < -0.4 is 5.32 Å². The number of esters is 1. The zero-order valence-electron chi connectivity index (χ0n) is 7.22. The number of hydrogen-bond acceptors (Lipinski definition) is 3. The fourth-order valence-corrected chi connectivity index (χ4v) is 1.03. The quantitative estimate of drug-likeness (QED) is 0.631. The Bertz CT molecular complexity index is 263. The standard InChI is InChI=1S/C7H8F3NO3/c1-3-4(2-14-5(3)12)11-6(13)7(8,9)10/h3-4H,2H2,1H3,(H,11,13)/t3-,4+/m0/s1. The maximum absolute atomic E-state index is 11.8. The number of carbonyl (C=O) groups excluding carboxylic acids is 2. The molecule has 0 spiro atoms. The molecule has 0 saturated carbocycles. The third-order valence-corrected chi connectivity index (χ3v) is 1.95. The second-order valence-electron chi connectivity index (χ2n) is 3.00. The van der Waals surface area contributed by atoms with Gasteiger partial charge in [0.15, 0.2) is 0 Å². The van der Waals surface area contributed by atoms with E-state index in [2.05, 4.69) is 4.74 Å². The molecule has 1 rings (SSSR count). The highest BCUT2D eigenvalue weighted by Crippen LogP contribution is 2.18. The molecule has 1 aliphatic heterocycles. The molecule has 1 N–H and O–H groups in total. The largest absolute Gasteiger partial charge is 0.471 e. The maximum atomic E-state index is 11.8. The minimum atomic E-state index is -4.93. The molecule has 1 heterocycles. The van der Waals surface area contributed by atoms with Crippen LogP contribution in [0.25, 0.3) is 0 Å². The van der Waals surface area contributed by atoms with Crippen LogP contribution in [0, 0.1) is 5.92 Å². The minimum absolute atomic E-state index is 0.207. The molecule has 4 nitrogen and oxygen atoms in total. The Kier molecular flexibility index (Phi) is 2.68. The molecule has 0 aromatic carbocycles. The summed E-state index contributed by atoms with van der Waals surface area (Å²) < 4.78 is 39.8. The van der Waals surface area contributed by atoms with Gasteiger partial charge >= 0.3 is 18.1 Å². The molecule has 0 aliphatic carbocycles. The van der Waals surface area contributed by atoms with Crippen LogP contribution in [0.3, 0.4) is 0 Å². The predicted molar refractivity (Wildman–Crippen MR) is 38.1 cm³/mol. The third kappa shape index (κ3) is 2.15. The molecular weight excluding hydrogens is 203 g/mol. The molecule has 1 fully saturated rings. The maximum Gasteiger partial charge on any atom is 0.471 e. The number of ether oxygens (including phenoxy) is 1. The number of hydrogen-bond donors (Lipinski definition) is 1. The Morgan fingerprint density at radius 1 is 1.57 bits per heavy atom. The van der Waals surface area contributed by atoms with Gasteiger partial charge < -0.3 is 10.1 Å². The Balaban J connectivity index is 2.54. The van der Waals surface area contributed by atoms with E-state index in [0.29, 0.717) is 0 Å². The number of alkyl halides is 3. The number of nitrogens with one attached hydrogen (secondary N) is 1. The number of amides is 1. The van der Waals surface area contributed by atoms with Gasteiger partial charge in [-0.05, 0) is 6.92 Å². The first kappa shape index (κ1) is 10.8. The molecule has 7 heteroatoms. The van der Waals surface area contributed by atoms with Crippen LogP contribution >= 0.6 is 0 Å². The molecule has 0 bridgehead atoms. The number of rotatable bonds is 1. The molecule has 1 aliphatic rings. The first-order valence-electron chi connectivity index (χ1n) is 3.86. The van der Waals surface area contributed by atoms with E-state index in [0.717, 1.165) is 0 Å². The monoisotopic (exact) mass is 211 g/mol. The molecule has 1 saturated heterocycles. The van der Waals surface area contributed by atoms with Crippen molar-refractivity contribution in [3.63, 3.8) is 0 Å². The molecule has 1 amide bonds. The highest BCUT2D eigenvalue weighted by Gasteiger charge is 2.43. The summed E-state index contributed by atoms with van der Waals surface area (Å²) in [6.45, 7) is 1.19. The highest BCUT2D eigenvalue weighted by atomic mass is 19.4. The average molecular weight is 211 g/mol. The van der Waals surface area contributed by atoms with Crippen molar-refractivity contribution in [2.45, 2.75) is 19.1 Å². The molecule has 0 radical (unpaired) electrons. The topological polar surface area (TPSA) is 55.4 Å². The van der Waals surface area contributed by atoms with Gasteiger partial charge in [-0.25, -0.2) is 0 Å². The lowest BCUT2D eigenvalue weighted by molar-refractivity contribution is -0.174. The van der Waals surface area contributed by atoms with Gasteiger partial charge in [-0.1, -0.05) is 0 Å². The lowest BCUT2D eigenvalue weighted by Gasteiger charge is -2.14. The van der Waals surface area contributed by atoms with E-state index >= 15 is 0 Å². The van der Waals surface area contributed by atoms with Gasteiger partial charge in [0.2, 0.25) is 0 Å². The molecule has 0 aromatic rings. The minimum Gasteiger partial charge on any atom is -0.463 e. The van der Waals surface area contributed by atoms with Gasteiger partial charge in [0.25, 0.3) is 0 Å². The fraction of sp³-hybridized carbons (Fsp3) is 0.714. The first-order valence-corrected chi connectivity index (χ1v) is 3.86. The fourth-order valence-electron chi connectivity index (χ4n) is 1.03. The summed E-state index contributed by atoms with van der Waals surface area (Å²) >= 11 is 0. The van der Waals surface area contributed by atoms with Crippen molar-refractivity contribution >= 4 is 11.9 Å². The van der Waals surface area contributed by atoms with Crippen molar-refractivity contribution < 1.29 is 27.5 Å². The SMILES string of the molecule is C[C@@H]1C(=O)OC[C@H]1NC(=O)C(F)(F)F. The van der Waals surface area contributed by atoms with Gasteiger partial charge in [-0.3, -0.25) is 9.59 Å². The highest BCUT2D eigenvalue weighted by molar-refractivity contribution is 5.83. The summed E-state index contributed by atoms with van der Waals surface area (Å²) in [4.78, 5) is 21.2. The van der Waals surface area contributed by atoms with Crippen LogP contribution in [0.5, 0.6) is 0 Å². The van der Waals surface area contributed by atoms with E-state index in [1.807, 2.05) is 0 Å². The van der Waals surface area contributed by atoms with Crippen molar-refractivity contribution in [1.29, 1.82) is 0 Å². The Morgan fingerprint density at radius 3 is 2.50 bits per heavy atom. The van der Waals surface area contributed by atoms with Crippen molar-refractivity contribution in [2.24, 2.45) is 5.92 Å². The van der Waals surface area contributed by atoms with E-state index in [9.17, 15) is 22.8 Å². The molecule has 2 atom stereocenters. The van der Waals surface area contributed by atoms with Crippen molar-refractivity contribution in [3.05, 3.63) is 0 Å². The normalized spacial score (nSPS) is 27.3. The van der Waals surface area contributed by atoms with E-state index in [1.165, 1.54) is 6.92 Å². The second kappa shape index (κ2) is 3.47. The van der Waals surface area contributed by atoms with Gasteiger partial charge in [0.05, 0.1) is 12.0 Å². The lowest BCUT2D eigenvalue weighted by atomic mass is 10.1. The summed E-state index contributed by atoms with van der Waals surface area (Å²) in [5.74, 6) is -3.38. The van der Waals surface area contributed by atoms with Crippen LogP contribution in [-0.2, 0) is 14.3 Å². The summed E-state index contributed by atoms with van der Waals surface area (Å²) in [6.07, 6.45) is -4.93. The van der Waals surface area contributed by atoms with Gasteiger partial charge in [-0.15, -0.1) is 0 Å². The van der Waals surface area contributed by atoms with Gasteiger partial charge in [0, 0.05) is 0 Å². The van der Waals surface area contributed by atoms with Crippen LogP contribution in [0.2, 0.25) is 0 Å². The van der Waals surface area contributed by atoms with Crippen LogP contribution in [-0.4, -0.2) is 30.7 Å². The second-order valence-corrected chi connectivity index (χ2v) is 3.00. The third-order valence-electron chi connectivity index (χ3n) is 1.95. The molecule has 14 heavy (non-hydrogen) atoms.